The molecule has 0 aliphatic heterocycles. The standard InChI is InChI=1S/C12H20N4O3/c1-4-8(2)10(11(17)18)15-12(19)13-5-9-6-14-16(3)7-9/h6-8,10H,4-5H2,1-3H3,(H,17,18)(H2,13,15,19)/t8-,10-/m0/s1. The molecule has 106 valence electrons. The first-order valence-corrected chi connectivity index (χ1v) is 6.18. The minimum atomic E-state index is -1.02. The van der Waals surface area contributed by atoms with Gasteiger partial charge in [-0.05, 0) is 5.92 Å². The van der Waals surface area contributed by atoms with E-state index >= 15 is 0 Å². The number of carbonyl (C=O) groups excluding carboxylic acids is 1. The van der Waals surface area contributed by atoms with E-state index in [0.29, 0.717) is 13.0 Å². The number of carbonyl (C=O) groups is 2. The van der Waals surface area contributed by atoms with E-state index in [1.165, 1.54) is 0 Å². The van der Waals surface area contributed by atoms with Crippen LogP contribution in [0.25, 0.3) is 0 Å². The summed E-state index contributed by atoms with van der Waals surface area (Å²) >= 11 is 0. The lowest BCUT2D eigenvalue weighted by molar-refractivity contribution is -0.140. The van der Waals surface area contributed by atoms with Crippen LogP contribution in [0.5, 0.6) is 0 Å². The third kappa shape index (κ3) is 4.61. The van der Waals surface area contributed by atoms with E-state index in [0.717, 1.165) is 5.56 Å². The molecule has 7 nitrogen and oxygen atoms in total. The molecule has 0 aliphatic carbocycles. The predicted molar refractivity (Wildman–Crippen MR) is 69.5 cm³/mol. The Morgan fingerprint density at radius 1 is 1.53 bits per heavy atom. The largest absolute Gasteiger partial charge is 0.480 e. The Labute approximate surface area is 112 Å². The molecule has 1 rings (SSSR count). The summed E-state index contributed by atoms with van der Waals surface area (Å²) in [5, 5.41) is 18.1. The highest BCUT2D eigenvalue weighted by atomic mass is 16.4. The minimum absolute atomic E-state index is 0.123. The molecule has 3 N–H and O–H groups in total. The third-order valence-corrected chi connectivity index (χ3v) is 2.98. The van der Waals surface area contributed by atoms with Crippen LogP contribution in [-0.2, 0) is 18.4 Å². The lowest BCUT2D eigenvalue weighted by Gasteiger charge is -2.20. The lowest BCUT2D eigenvalue weighted by Crippen LogP contribution is -2.48. The highest BCUT2D eigenvalue weighted by Crippen LogP contribution is 2.07. The summed E-state index contributed by atoms with van der Waals surface area (Å²) in [6, 6.07) is -1.37. The van der Waals surface area contributed by atoms with E-state index < -0.39 is 18.0 Å². The number of aliphatic carboxylic acids is 1. The van der Waals surface area contributed by atoms with Crippen LogP contribution in [0, 0.1) is 5.92 Å². The van der Waals surface area contributed by atoms with Gasteiger partial charge in [0.05, 0.1) is 6.20 Å². The molecule has 1 aromatic heterocycles. The average Bonchev–Trinajstić information content (AvgIpc) is 2.78. The Kier molecular flexibility index (Phi) is 5.35. The number of nitrogens with one attached hydrogen (secondary N) is 2. The van der Waals surface area contributed by atoms with Gasteiger partial charge in [-0.25, -0.2) is 9.59 Å². The van der Waals surface area contributed by atoms with Gasteiger partial charge in [0, 0.05) is 25.4 Å². The fourth-order valence-electron chi connectivity index (χ4n) is 1.62. The van der Waals surface area contributed by atoms with Gasteiger partial charge in [-0.3, -0.25) is 4.68 Å². The maximum Gasteiger partial charge on any atom is 0.326 e. The summed E-state index contributed by atoms with van der Waals surface area (Å²) in [4.78, 5) is 22.7. The quantitative estimate of drug-likeness (QED) is 0.708. The van der Waals surface area contributed by atoms with Crippen LogP contribution in [0.3, 0.4) is 0 Å². The molecule has 1 heterocycles. The zero-order valence-electron chi connectivity index (χ0n) is 11.4. The van der Waals surface area contributed by atoms with Crippen molar-refractivity contribution >= 4 is 12.0 Å². The summed E-state index contributed by atoms with van der Waals surface area (Å²) in [5.74, 6) is -1.15. The number of hydrogen-bond acceptors (Lipinski definition) is 3. The van der Waals surface area contributed by atoms with Crippen LogP contribution in [0.2, 0.25) is 0 Å². The van der Waals surface area contributed by atoms with E-state index in [1.54, 1.807) is 31.0 Å². The first kappa shape index (κ1) is 15.0. The second-order valence-corrected chi connectivity index (χ2v) is 4.55. The van der Waals surface area contributed by atoms with Crippen molar-refractivity contribution in [2.75, 3.05) is 0 Å². The summed E-state index contributed by atoms with van der Waals surface area (Å²) in [6.07, 6.45) is 4.10. The maximum atomic E-state index is 11.6. The van der Waals surface area contributed by atoms with E-state index in [2.05, 4.69) is 15.7 Å². The van der Waals surface area contributed by atoms with E-state index in [9.17, 15) is 9.59 Å². The summed E-state index contributed by atoms with van der Waals surface area (Å²) in [7, 11) is 1.78. The number of nitrogens with zero attached hydrogens (tertiary/aromatic N) is 2. The fourth-order valence-corrected chi connectivity index (χ4v) is 1.62. The summed E-state index contributed by atoms with van der Waals surface area (Å²) in [5.41, 5.74) is 0.855. The molecule has 0 unspecified atom stereocenters. The second kappa shape index (κ2) is 6.77. The Bertz CT molecular complexity index is 444. The first-order chi connectivity index (χ1) is 8.93. The van der Waals surface area contributed by atoms with Crippen molar-refractivity contribution in [2.45, 2.75) is 32.9 Å². The van der Waals surface area contributed by atoms with Crippen molar-refractivity contribution < 1.29 is 14.7 Å². The van der Waals surface area contributed by atoms with Crippen LogP contribution in [0.15, 0.2) is 12.4 Å². The highest BCUT2D eigenvalue weighted by Gasteiger charge is 2.25. The van der Waals surface area contributed by atoms with Crippen LogP contribution < -0.4 is 10.6 Å². The molecule has 2 atom stereocenters. The second-order valence-electron chi connectivity index (χ2n) is 4.55. The molecular weight excluding hydrogens is 248 g/mol. The van der Waals surface area contributed by atoms with Gasteiger partial charge in [-0.2, -0.15) is 5.10 Å². The monoisotopic (exact) mass is 268 g/mol. The Morgan fingerprint density at radius 2 is 2.21 bits per heavy atom. The van der Waals surface area contributed by atoms with Crippen molar-refractivity contribution in [3.05, 3.63) is 18.0 Å². The topological polar surface area (TPSA) is 96.3 Å². The molecule has 0 radical (unpaired) electrons. The molecule has 0 bridgehead atoms. The maximum absolute atomic E-state index is 11.6. The zero-order chi connectivity index (χ0) is 14.4. The minimum Gasteiger partial charge on any atom is -0.480 e. The van der Waals surface area contributed by atoms with Gasteiger partial charge in [-0.15, -0.1) is 0 Å². The molecule has 0 saturated carbocycles. The number of carboxylic acid groups (broad SMARTS) is 1. The summed E-state index contributed by atoms with van der Waals surface area (Å²) < 4.78 is 1.63. The molecule has 0 fully saturated rings. The van der Waals surface area contributed by atoms with Crippen LogP contribution in [-0.4, -0.2) is 32.9 Å². The molecule has 7 heteroatoms. The number of rotatable bonds is 6. The predicted octanol–water partition coefficient (Wildman–Crippen LogP) is 0.719. The van der Waals surface area contributed by atoms with Gasteiger partial charge in [0.2, 0.25) is 0 Å². The molecule has 0 saturated heterocycles. The van der Waals surface area contributed by atoms with Gasteiger partial charge in [-0.1, -0.05) is 20.3 Å². The number of aromatic nitrogens is 2. The van der Waals surface area contributed by atoms with Crippen molar-refractivity contribution in [3.8, 4) is 0 Å². The lowest BCUT2D eigenvalue weighted by atomic mass is 9.99. The van der Waals surface area contributed by atoms with Crippen molar-refractivity contribution in [2.24, 2.45) is 13.0 Å². The molecule has 0 spiro atoms. The van der Waals surface area contributed by atoms with Crippen molar-refractivity contribution in [3.63, 3.8) is 0 Å². The number of carboxylic acids is 1. The van der Waals surface area contributed by atoms with Gasteiger partial charge in [0.25, 0.3) is 0 Å². The van der Waals surface area contributed by atoms with Crippen molar-refractivity contribution in [1.29, 1.82) is 0 Å². The molecule has 0 aromatic carbocycles. The first-order valence-electron chi connectivity index (χ1n) is 6.18. The Morgan fingerprint density at radius 3 is 2.68 bits per heavy atom. The molecule has 1 aromatic rings. The number of hydrogen-bond donors (Lipinski definition) is 3. The Hall–Kier alpha value is -2.05. The number of aryl methyl sites for hydroxylation is 1. The van der Waals surface area contributed by atoms with Gasteiger partial charge in [0.15, 0.2) is 0 Å². The fraction of sp³-hybridized carbons (Fsp3) is 0.583. The third-order valence-electron chi connectivity index (χ3n) is 2.98. The SMILES string of the molecule is CC[C@H](C)[C@H](NC(=O)NCc1cnn(C)c1)C(=O)O. The van der Waals surface area contributed by atoms with E-state index in [1.807, 2.05) is 6.92 Å². The highest BCUT2D eigenvalue weighted by molar-refractivity contribution is 5.82. The zero-order valence-corrected chi connectivity index (χ0v) is 11.4. The summed E-state index contributed by atoms with van der Waals surface area (Å²) in [6.45, 7) is 3.99. The van der Waals surface area contributed by atoms with Crippen LogP contribution >= 0.6 is 0 Å². The molecule has 0 aliphatic rings. The van der Waals surface area contributed by atoms with E-state index in [-0.39, 0.29) is 5.92 Å². The molecule has 19 heavy (non-hydrogen) atoms. The van der Waals surface area contributed by atoms with E-state index in [4.69, 9.17) is 5.11 Å². The number of urea groups is 1. The van der Waals surface area contributed by atoms with Gasteiger partial charge in [0.1, 0.15) is 6.04 Å². The van der Waals surface area contributed by atoms with Gasteiger partial charge < -0.3 is 15.7 Å². The smallest absolute Gasteiger partial charge is 0.326 e. The van der Waals surface area contributed by atoms with Crippen molar-refractivity contribution in [1.82, 2.24) is 20.4 Å². The molecular formula is C12H20N4O3. The Balaban J connectivity index is 2.46. The van der Waals surface area contributed by atoms with Gasteiger partial charge >= 0.3 is 12.0 Å². The molecule has 2 amide bonds. The van der Waals surface area contributed by atoms with Crippen LogP contribution in [0.1, 0.15) is 25.8 Å². The van der Waals surface area contributed by atoms with Crippen LogP contribution in [0.4, 0.5) is 4.79 Å². The normalized spacial score (nSPS) is 13.6. The average molecular weight is 268 g/mol. The number of amides is 2.